The van der Waals surface area contributed by atoms with Gasteiger partial charge in [-0.1, -0.05) is 0 Å². The first-order chi connectivity index (χ1) is 6.05. The van der Waals surface area contributed by atoms with Crippen molar-refractivity contribution in [3.63, 3.8) is 0 Å². The summed E-state index contributed by atoms with van der Waals surface area (Å²) in [5.74, 6) is 0. The Balaban J connectivity index is 2.73. The van der Waals surface area contributed by atoms with Gasteiger partial charge in [0.25, 0.3) is 0 Å². The minimum atomic E-state index is -3.31. The molecular formula is C7H12N2O3S. The number of sulfone groups is 1. The summed E-state index contributed by atoms with van der Waals surface area (Å²) in [4.78, 5) is 1.62. The van der Waals surface area contributed by atoms with Crippen LogP contribution < -0.4 is 0 Å². The maximum absolute atomic E-state index is 11.2. The number of hydrogen-bond acceptors (Lipinski definition) is 5. The summed E-state index contributed by atoms with van der Waals surface area (Å²) in [5.41, 5.74) is 0. The van der Waals surface area contributed by atoms with E-state index in [4.69, 9.17) is 10.00 Å². The highest BCUT2D eigenvalue weighted by molar-refractivity contribution is 7.91. The van der Waals surface area contributed by atoms with Gasteiger partial charge >= 0.3 is 0 Å². The number of nitriles is 1. The van der Waals surface area contributed by atoms with Crippen molar-refractivity contribution in [3.8, 4) is 6.07 Å². The first kappa shape index (κ1) is 10.4. The third kappa shape index (κ3) is 2.66. The van der Waals surface area contributed by atoms with Crippen LogP contribution in [0.15, 0.2) is 0 Å². The van der Waals surface area contributed by atoms with E-state index in [9.17, 15) is 8.42 Å². The molecule has 74 valence electrons. The lowest BCUT2D eigenvalue weighted by Crippen LogP contribution is -2.46. The van der Waals surface area contributed by atoms with Gasteiger partial charge < -0.3 is 4.74 Å². The summed E-state index contributed by atoms with van der Waals surface area (Å²) >= 11 is 0. The third-order valence-corrected chi connectivity index (χ3v) is 3.11. The minimum absolute atomic E-state index is 0.494. The molecule has 1 heterocycles. The van der Waals surface area contributed by atoms with E-state index in [1.54, 1.807) is 11.0 Å². The summed E-state index contributed by atoms with van der Waals surface area (Å²) in [5, 5.41) is 7.69. The maximum atomic E-state index is 11.2. The van der Waals surface area contributed by atoms with Gasteiger partial charge in [0.15, 0.2) is 9.84 Å². The predicted molar refractivity (Wildman–Crippen MR) is 46.6 cm³/mol. The normalized spacial score (nSPS) is 22.2. The van der Waals surface area contributed by atoms with Gasteiger partial charge in [-0.2, -0.15) is 5.26 Å². The number of hydrogen-bond donors (Lipinski definition) is 0. The van der Waals surface area contributed by atoms with Crippen molar-refractivity contribution < 1.29 is 13.2 Å². The zero-order valence-electron chi connectivity index (χ0n) is 7.43. The molecule has 13 heavy (non-hydrogen) atoms. The topological polar surface area (TPSA) is 70.4 Å². The zero-order valence-corrected chi connectivity index (χ0v) is 8.25. The molecule has 6 heteroatoms. The Morgan fingerprint density at radius 3 is 2.38 bits per heavy atom. The molecule has 1 aliphatic rings. The Bertz CT molecular complexity index is 300. The van der Waals surface area contributed by atoms with Gasteiger partial charge in [0.2, 0.25) is 5.37 Å². The molecule has 1 fully saturated rings. The summed E-state index contributed by atoms with van der Waals surface area (Å²) in [7, 11) is -3.31. The Labute approximate surface area is 77.8 Å². The monoisotopic (exact) mass is 204 g/mol. The van der Waals surface area contributed by atoms with E-state index in [-0.39, 0.29) is 0 Å². The number of ether oxygens (including phenoxy) is 1. The smallest absolute Gasteiger partial charge is 0.200 e. The van der Waals surface area contributed by atoms with E-state index in [1.807, 2.05) is 0 Å². The zero-order chi connectivity index (χ0) is 9.90. The van der Waals surface area contributed by atoms with E-state index in [1.165, 1.54) is 0 Å². The Kier molecular flexibility index (Phi) is 3.25. The van der Waals surface area contributed by atoms with Crippen LogP contribution in [0.3, 0.4) is 0 Å². The van der Waals surface area contributed by atoms with Crippen molar-refractivity contribution in [2.45, 2.75) is 5.37 Å². The fourth-order valence-electron chi connectivity index (χ4n) is 1.26. The largest absolute Gasteiger partial charge is 0.379 e. The molecule has 0 spiro atoms. The van der Waals surface area contributed by atoms with Crippen LogP contribution in [0.25, 0.3) is 0 Å². The molecule has 5 nitrogen and oxygen atoms in total. The molecule has 0 N–H and O–H groups in total. The Hall–Kier alpha value is -0.640. The molecule has 1 aliphatic heterocycles. The van der Waals surface area contributed by atoms with Gasteiger partial charge in [0.1, 0.15) is 0 Å². The van der Waals surface area contributed by atoms with Gasteiger partial charge in [0.05, 0.1) is 19.3 Å². The second kappa shape index (κ2) is 4.05. The van der Waals surface area contributed by atoms with Gasteiger partial charge in [-0.15, -0.1) is 0 Å². The van der Waals surface area contributed by atoms with E-state index in [0.717, 1.165) is 6.26 Å². The van der Waals surface area contributed by atoms with Crippen LogP contribution in [0.4, 0.5) is 0 Å². The summed E-state index contributed by atoms with van der Waals surface area (Å²) < 4.78 is 27.4. The number of morpholine rings is 1. The quantitative estimate of drug-likeness (QED) is 0.589. The molecular weight excluding hydrogens is 192 g/mol. The Morgan fingerprint density at radius 1 is 1.46 bits per heavy atom. The molecule has 0 aromatic heterocycles. The fraction of sp³-hybridized carbons (Fsp3) is 0.857. The Morgan fingerprint density at radius 2 is 2.00 bits per heavy atom. The van der Waals surface area contributed by atoms with Crippen LogP contribution in [0, 0.1) is 11.3 Å². The minimum Gasteiger partial charge on any atom is -0.379 e. The molecule has 0 radical (unpaired) electrons. The van der Waals surface area contributed by atoms with Crippen molar-refractivity contribution >= 4 is 9.84 Å². The molecule has 0 bridgehead atoms. The lowest BCUT2D eigenvalue weighted by Gasteiger charge is -2.29. The van der Waals surface area contributed by atoms with Crippen LogP contribution in [0.2, 0.25) is 0 Å². The lowest BCUT2D eigenvalue weighted by atomic mass is 10.4. The van der Waals surface area contributed by atoms with E-state index in [2.05, 4.69) is 0 Å². The predicted octanol–water partition coefficient (Wildman–Crippen LogP) is -0.787. The molecule has 1 unspecified atom stereocenters. The van der Waals surface area contributed by atoms with Crippen LogP contribution in [0.1, 0.15) is 0 Å². The summed E-state index contributed by atoms with van der Waals surface area (Å²) in [6.07, 6.45) is 1.08. The third-order valence-electron chi connectivity index (χ3n) is 1.89. The first-order valence-electron chi connectivity index (χ1n) is 3.96. The summed E-state index contributed by atoms with van der Waals surface area (Å²) in [6, 6.07) is 1.79. The van der Waals surface area contributed by atoms with Crippen LogP contribution in [-0.4, -0.2) is 51.3 Å². The van der Waals surface area contributed by atoms with Gasteiger partial charge in [-0.25, -0.2) is 8.42 Å². The highest BCUT2D eigenvalue weighted by Gasteiger charge is 2.28. The highest BCUT2D eigenvalue weighted by Crippen LogP contribution is 2.08. The van der Waals surface area contributed by atoms with E-state index >= 15 is 0 Å². The SMILES string of the molecule is CS(=O)(=O)C(C#N)N1CCOCC1. The molecule has 1 saturated heterocycles. The molecule has 1 atom stereocenters. The van der Waals surface area contributed by atoms with Crippen molar-refractivity contribution in [2.24, 2.45) is 0 Å². The average molecular weight is 204 g/mol. The van der Waals surface area contributed by atoms with Crippen molar-refractivity contribution in [1.82, 2.24) is 4.90 Å². The second-order valence-corrected chi connectivity index (χ2v) is 5.06. The number of rotatable bonds is 2. The van der Waals surface area contributed by atoms with Gasteiger partial charge in [-0.3, -0.25) is 4.90 Å². The van der Waals surface area contributed by atoms with Crippen molar-refractivity contribution in [1.29, 1.82) is 5.26 Å². The van der Waals surface area contributed by atoms with Gasteiger partial charge in [0, 0.05) is 19.3 Å². The maximum Gasteiger partial charge on any atom is 0.200 e. The standard InChI is InChI=1S/C7H12N2O3S/c1-13(10,11)7(6-8)9-2-4-12-5-3-9/h7H,2-5H2,1H3. The molecule has 0 aromatic rings. The van der Waals surface area contributed by atoms with E-state index in [0.29, 0.717) is 26.3 Å². The van der Waals surface area contributed by atoms with Gasteiger partial charge in [-0.05, 0) is 0 Å². The lowest BCUT2D eigenvalue weighted by molar-refractivity contribution is 0.0384. The van der Waals surface area contributed by atoms with Crippen LogP contribution in [0.5, 0.6) is 0 Å². The van der Waals surface area contributed by atoms with Crippen LogP contribution in [-0.2, 0) is 14.6 Å². The molecule has 0 saturated carbocycles. The highest BCUT2D eigenvalue weighted by atomic mass is 32.2. The van der Waals surface area contributed by atoms with Crippen molar-refractivity contribution in [2.75, 3.05) is 32.6 Å². The molecule has 0 aliphatic carbocycles. The molecule has 0 aromatic carbocycles. The van der Waals surface area contributed by atoms with E-state index < -0.39 is 15.2 Å². The van der Waals surface area contributed by atoms with Crippen molar-refractivity contribution in [3.05, 3.63) is 0 Å². The number of nitrogens with zero attached hydrogens (tertiary/aromatic N) is 2. The molecule has 1 rings (SSSR count). The van der Waals surface area contributed by atoms with Crippen LogP contribution >= 0.6 is 0 Å². The average Bonchev–Trinajstić information content (AvgIpc) is 2.05. The summed E-state index contributed by atoms with van der Waals surface area (Å²) in [6.45, 7) is 2.00. The fourth-order valence-corrected chi connectivity index (χ4v) is 2.20. The first-order valence-corrected chi connectivity index (χ1v) is 5.91. The second-order valence-electron chi connectivity index (χ2n) is 2.96. The molecule has 0 amide bonds.